The maximum absolute atomic E-state index is 12.0. The van der Waals surface area contributed by atoms with E-state index in [0.717, 1.165) is 35.7 Å². The normalized spacial score (nSPS) is 12.4. The summed E-state index contributed by atoms with van der Waals surface area (Å²) < 4.78 is 0. The molecule has 160 valence electrons. The minimum Gasteiger partial charge on any atom is -0.320 e. The van der Waals surface area contributed by atoms with Crippen LogP contribution in [0, 0.1) is 11.8 Å². The summed E-state index contributed by atoms with van der Waals surface area (Å²) in [5.41, 5.74) is 5.83. The van der Waals surface area contributed by atoms with Gasteiger partial charge in [-0.1, -0.05) is 50.4 Å². The summed E-state index contributed by atoms with van der Waals surface area (Å²) in [7, 11) is 0. The molecule has 2 heterocycles. The number of rotatable bonds is 11. The molecule has 0 spiro atoms. The number of carbonyl (C=O) groups excluding carboxylic acids is 2. The highest BCUT2D eigenvalue weighted by atomic mass is 32.1. The second-order valence-electron chi connectivity index (χ2n) is 7.61. The summed E-state index contributed by atoms with van der Waals surface area (Å²) in [5, 5.41) is 24.6. The second-order valence-corrected chi connectivity index (χ2v) is 9.74. The Kier molecular flexibility index (Phi) is 9.05. The molecule has 0 aromatic carbocycles. The van der Waals surface area contributed by atoms with Gasteiger partial charge < -0.3 is 11.1 Å². The lowest BCUT2D eigenvalue weighted by molar-refractivity contribution is -0.118. The van der Waals surface area contributed by atoms with Crippen LogP contribution in [0.15, 0.2) is 0 Å². The Morgan fingerprint density at radius 3 is 1.90 bits per heavy atom. The van der Waals surface area contributed by atoms with Gasteiger partial charge in [0.05, 0.1) is 6.04 Å². The molecule has 0 radical (unpaired) electrons. The smallest absolute Gasteiger partial charge is 0.243 e. The predicted octanol–water partition coefficient (Wildman–Crippen LogP) is 2.86. The maximum atomic E-state index is 12.0. The van der Waals surface area contributed by atoms with E-state index < -0.39 is 6.04 Å². The number of hydrogen-bond acceptors (Lipinski definition) is 9. The molecule has 0 aliphatic carbocycles. The number of aryl methyl sites for hydroxylation is 2. The Balaban J connectivity index is 1.70. The van der Waals surface area contributed by atoms with Crippen molar-refractivity contribution in [1.29, 1.82) is 0 Å². The van der Waals surface area contributed by atoms with Crippen LogP contribution in [0.1, 0.15) is 57.0 Å². The fourth-order valence-electron chi connectivity index (χ4n) is 2.40. The maximum Gasteiger partial charge on any atom is 0.243 e. The average molecular weight is 440 g/mol. The molecule has 2 amide bonds. The van der Waals surface area contributed by atoms with Crippen LogP contribution in [0.3, 0.4) is 0 Å². The molecule has 29 heavy (non-hydrogen) atoms. The topological polar surface area (TPSA) is 136 Å². The van der Waals surface area contributed by atoms with E-state index in [1.54, 1.807) is 0 Å². The first kappa shape index (κ1) is 23.3. The van der Waals surface area contributed by atoms with Crippen molar-refractivity contribution in [1.82, 2.24) is 20.4 Å². The lowest BCUT2D eigenvalue weighted by Crippen LogP contribution is -2.39. The van der Waals surface area contributed by atoms with Gasteiger partial charge in [-0.05, 0) is 24.7 Å². The number of nitrogens with two attached hydrogens (primary N) is 1. The van der Waals surface area contributed by atoms with Gasteiger partial charge >= 0.3 is 0 Å². The molecule has 2 aromatic rings. The molecule has 9 nitrogen and oxygen atoms in total. The van der Waals surface area contributed by atoms with Gasteiger partial charge in [0.25, 0.3) is 0 Å². The third kappa shape index (κ3) is 8.11. The van der Waals surface area contributed by atoms with E-state index in [-0.39, 0.29) is 17.7 Å². The Hall–Kier alpha value is -1.98. The Bertz CT molecular complexity index is 804. The van der Waals surface area contributed by atoms with Crippen LogP contribution in [0.25, 0.3) is 0 Å². The second kappa shape index (κ2) is 11.3. The number of nitrogens with zero attached hydrogens (tertiary/aromatic N) is 4. The first-order chi connectivity index (χ1) is 13.7. The summed E-state index contributed by atoms with van der Waals surface area (Å²) in [6.07, 6.45) is 3.89. The SMILES string of the molecule is CC(C)CC(=O)Nc1nnc(CCCCc2nnc(NC(=O)[C@@H](N)C(C)C)s2)s1. The van der Waals surface area contributed by atoms with Gasteiger partial charge in [0.1, 0.15) is 10.0 Å². The van der Waals surface area contributed by atoms with Crippen LogP contribution >= 0.6 is 22.7 Å². The van der Waals surface area contributed by atoms with Crippen molar-refractivity contribution >= 4 is 44.8 Å². The summed E-state index contributed by atoms with van der Waals surface area (Å²) in [5.74, 6) is 0.0989. The summed E-state index contributed by atoms with van der Waals surface area (Å²) >= 11 is 2.78. The zero-order valence-corrected chi connectivity index (χ0v) is 18.9. The summed E-state index contributed by atoms with van der Waals surface area (Å²) in [6.45, 7) is 7.80. The van der Waals surface area contributed by atoms with Crippen molar-refractivity contribution in [3.8, 4) is 0 Å². The van der Waals surface area contributed by atoms with Crippen molar-refractivity contribution in [2.24, 2.45) is 17.6 Å². The molecule has 0 unspecified atom stereocenters. The molecule has 2 rings (SSSR count). The lowest BCUT2D eigenvalue weighted by atomic mass is 10.1. The third-order valence-electron chi connectivity index (χ3n) is 4.06. The Morgan fingerprint density at radius 2 is 1.41 bits per heavy atom. The van der Waals surface area contributed by atoms with Crippen LogP contribution in [-0.4, -0.2) is 38.3 Å². The zero-order chi connectivity index (χ0) is 21.4. The zero-order valence-electron chi connectivity index (χ0n) is 17.3. The van der Waals surface area contributed by atoms with Crippen molar-refractivity contribution in [3.05, 3.63) is 10.0 Å². The minimum atomic E-state index is -0.561. The molecule has 0 aliphatic heterocycles. The molecule has 0 saturated carbocycles. The number of amides is 2. The van der Waals surface area contributed by atoms with Gasteiger partial charge in [-0.15, -0.1) is 20.4 Å². The quantitative estimate of drug-likeness (QED) is 0.458. The number of aromatic nitrogens is 4. The number of hydrogen-bond donors (Lipinski definition) is 3. The molecule has 11 heteroatoms. The van der Waals surface area contributed by atoms with Gasteiger partial charge in [-0.2, -0.15) is 0 Å². The van der Waals surface area contributed by atoms with Crippen molar-refractivity contribution in [3.63, 3.8) is 0 Å². The highest BCUT2D eigenvalue weighted by molar-refractivity contribution is 7.15. The van der Waals surface area contributed by atoms with Gasteiger partial charge in [0, 0.05) is 19.3 Å². The first-order valence-electron chi connectivity index (χ1n) is 9.75. The summed E-state index contributed by atoms with van der Waals surface area (Å²) in [6, 6.07) is -0.561. The van der Waals surface area contributed by atoms with E-state index in [2.05, 4.69) is 31.0 Å². The van der Waals surface area contributed by atoms with Crippen molar-refractivity contribution < 1.29 is 9.59 Å². The molecular formula is C18H29N7O2S2. The van der Waals surface area contributed by atoms with Crippen LogP contribution in [0.5, 0.6) is 0 Å². The van der Waals surface area contributed by atoms with E-state index in [1.165, 1.54) is 22.7 Å². The van der Waals surface area contributed by atoms with Crippen LogP contribution < -0.4 is 16.4 Å². The van der Waals surface area contributed by atoms with E-state index in [4.69, 9.17) is 5.73 Å². The number of unbranched alkanes of at least 4 members (excludes halogenated alkanes) is 1. The van der Waals surface area contributed by atoms with E-state index >= 15 is 0 Å². The largest absolute Gasteiger partial charge is 0.320 e. The van der Waals surface area contributed by atoms with Crippen LogP contribution in [0.2, 0.25) is 0 Å². The molecular weight excluding hydrogens is 410 g/mol. The fourth-order valence-corrected chi connectivity index (χ4v) is 3.98. The Labute approximate surface area is 178 Å². The van der Waals surface area contributed by atoms with Gasteiger partial charge in [-0.25, -0.2) is 0 Å². The van der Waals surface area contributed by atoms with Crippen molar-refractivity contribution in [2.45, 2.75) is 65.8 Å². The van der Waals surface area contributed by atoms with Crippen molar-refractivity contribution in [2.75, 3.05) is 10.6 Å². The Morgan fingerprint density at radius 1 is 0.897 bits per heavy atom. The average Bonchev–Trinajstić information content (AvgIpc) is 3.26. The fraction of sp³-hybridized carbons (Fsp3) is 0.667. The number of carbonyl (C=O) groups is 2. The molecule has 0 fully saturated rings. The third-order valence-corrected chi connectivity index (χ3v) is 5.85. The molecule has 1 atom stereocenters. The minimum absolute atomic E-state index is 0.0313. The van der Waals surface area contributed by atoms with E-state index in [9.17, 15) is 9.59 Å². The van der Waals surface area contributed by atoms with E-state index in [0.29, 0.717) is 22.6 Å². The number of anilines is 2. The van der Waals surface area contributed by atoms with Gasteiger partial charge in [-0.3, -0.25) is 14.9 Å². The highest BCUT2D eigenvalue weighted by Gasteiger charge is 2.18. The molecule has 0 saturated heterocycles. The monoisotopic (exact) mass is 439 g/mol. The highest BCUT2D eigenvalue weighted by Crippen LogP contribution is 2.20. The first-order valence-corrected chi connectivity index (χ1v) is 11.4. The summed E-state index contributed by atoms with van der Waals surface area (Å²) in [4.78, 5) is 23.7. The van der Waals surface area contributed by atoms with Gasteiger partial charge in [0.2, 0.25) is 22.1 Å². The molecule has 2 aromatic heterocycles. The molecule has 0 aliphatic rings. The van der Waals surface area contributed by atoms with Crippen LogP contribution in [0.4, 0.5) is 10.3 Å². The van der Waals surface area contributed by atoms with Crippen LogP contribution in [-0.2, 0) is 22.4 Å². The molecule has 0 bridgehead atoms. The predicted molar refractivity (Wildman–Crippen MR) is 116 cm³/mol. The molecule has 4 N–H and O–H groups in total. The van der Waals surface area contributed by atoms with E-state index in [1.807, 2.05) is 27.7 Å². The standard InChI is InChI=1S/C18H29N7O2S2/c1-10(2)9-12(26)20-17-24-22-13(28-17)7-5-6-8-14-23-25-18(29-14)21-16(27)15(19)11(3)4/h10-11,15H,5-9,19H2,1-4H3,(H,20,24,26)(H,21,25,27)/t15-/m0/s1. The van der Waals surface area contributed by atoms with Gasteiger partial charge in [0.15, 0.2) is 0 Å². The number of nitrogens with one attached hydrogen (secondary N) is 2. The lowest BCUT2D eigenvalue weighted by Gasteiger charge is -2.13.